The van der Waals surface area contributed by atoms with E-state index in [0.29, 0.717) is 6.04 Å². The Bertz CT molecular complexity index is 494. The molecule has 0 aliphatic carbocycles. The van der Waals surface area contributed by atoms with Gasteiger partial charge >= 0.3 is 0 Å². The number of benzene rings is 1. The molecule has 0 bridgehead atoms. The molecule has 0 heterocycles. The third kappa shape index (κ3) is 5.40. The van der Waals surface area contributed by atoms with Gasteiger partial charge in [0.2, 0.25) is 0 Å². The molecule has 0 fully saturated rings. The molecule has 1 aromatic rings. The molecule has 0 aliphatic heterocycles. The van der Waals surface area contributed by atoms with Crippen molar-refractivity contribution in [2.24, 2.45) is 0 Å². The molecular weight excluding hydrogens is 258 g/mol. The fourth-order valence-electron chi connectivity index (χ4n) is 2.31. The van der Waals surface area contributed by atoms with E-state index in [1.54, 1.807) is 0 Å². The van der Waals surface area contributed by atoms with Crippen LogP contribution in [0.25, 0.3) is 0 Å². The molecule has 0 aliphatic rings. The van der Waals surface area contributed by atoms with Gasteiger partial charge in [0.15, 0.2) is 0 Å². The van der Waals surface area contributed by atoms with Crippen LogP contribution in [0.3, 0.4) is 0 Å². The van der Waals surface area contributed by atoms with Gasteiger partial charge in [0, 0.05) is 25.2 Å². The first-order valence-electron chi connectivity index (χ1n) is 7.79. The van der Waals surface area contributed by atoms with Crippen molar-refractivity contribution in [3.63, 3.8) is 0 Å². The highest BCUT2D eigenvalue weighted by atomic mass is 15.1. The summed E-state index contributed by atoms with van der Waals surface area (Å²) in [4.78, 5) is 2.21. The zero-order chi connectivity index (χ0) is 16.0. The van der Waals surface area contributed by atoms with Gasteiger partial charge in [0.25, 0.3) is 0 Å². The molecule has 1 atom stereocenters. The second kappa shape index (κ2) is 7.47. The molecule has 3 heteroatoms. The molecule has 0 aromatic heterocycles. The van der Waals surface area contributed by atoms with Gasteiger partial charge in [-0.2, -0.15) is 5.26 Å². The second-order valence-electron chi connectivity index (χ2n) is 6.82. The quantitative estimate of drug-likeness (QED) is 0.857. The summed E-state index contributed by atoms with van der Waals surface area (Å²) >= 11 is 0. The van der Waals surface area contributed by atoms with Crippen molar-refractivity contribution < 1.29 is 0 Å². The highest BCUT2D eigenvalue weighted by Crippen LogP contribution is 2.23. The molecule has 1 rings (SSSR count). The lowest BCUT2D eigenvalue weighted by atomic mass is 10.0. The van der Waals surface area contributed by atoms with Crippen molar-refractivity contribution in [1.82, 2.24) is 5.32 Å². The molecular formula is C18H29N3. The summed E-state index contributed by atoms with van der Waals surface area (Å²) in [5, 5.41) is 12.9. The Morgan fingerprint density at radius 2 is 2.00 bits per heavy atom. The van der Waals surface area contributed by atoms with E-state index in [1.165, 1.54) is 0 Å². The van der Waals surface area contributed by atoms with Gasteiger partial charge in [-0.25, -0.2) is 0 Å². The van der Waals surface area contributed by atoms with E-state index in [2.05, 4.69) is 70.1 Å². The molecule has 0 spiro atoms. The van der Waals surface area contributed by atoms with Crippen LogP contribution < -0.4 is 10.2 Å². The summed E-state index contributed by atoms with van der Waals surface area (Å²) in [6.07, 6.45) is 2.29. The lowest BCUT2D eigenvalue weighted by Crippen LogP contribution is -2.35. The van der Waals surface area contributed by atoms with Gasteiger partial charge in [-0.1, -0.05) is 19.4 Å². The van der Waals surface area contributed by atoms with Crippen LogP contribution in [0.2, 0.25) is 0 Å². The van der Waals surface area contributed by atoms with E-state index in [-0.39, 0.29) is 5.54 Å². The zero-order valence-electron chi connectivity index (χ0n) is 14.3. The van der Waals surface area contributed by atoms with Crippen molar-refractivity contribution in [2.45, 2.75) is 65.6 Å². The number of rotatable bonds is 6. The minimum absolute atomic E-state index is 0.0813. The average Bonchev–Trinajstić information content (AvgIpc) is 2.43. The molecule has 0 radical (unpaired) electrons. The molecule has 0 amide bonds. The second-order valence-corrected chi connectivity index (χ2v) is 6.82. The smallest absolute Gasteiger partial charge is 0.101 e. The van der Waals surface area contributed by atoms with Gasteiger partial charge in [0.05, 0.1) is 11.3 Å². The van der Waals surface area contributed by atoms with Crippen LogP contribution in [0.15, 0.2) is 18.2 Å². The van der Waals surface area contributed by atoms with Gasteiger partial charge in [-0.3, -0.25) is 0 Å². The maximum Gasteiger partial charge on any atom is 0.101 e. The van der Waals surface area contributed by atoms with Crippen LogP contribution in [0.4, 0.5) is 5.69 Å². The number of nitrogens with one attached hydrogen (secondary N) is 1. The Labute approximate surface area is 130 Å². The van der Waals surface area contributed by atoms with E-state index in [0.717, 1.165) is 36.2 Å². The minimum atomic E-state index is 0.0813. The van der Waals surface area contributed by atoms with Gasteiger partial charge < -0.3 is 10.2 Å². The first-order valence-corrected chi connectivity index (χ1v) is 7.79. The van der Waals surface area contributed by atoms with Gasteiger partial charge in [-0.15, -0.1) is 0 Å². The zero-order valence-corrected chi connectivity index (χ0v) is 14.3. The lowest BCUT2D eigenvalue weighted by molar-refractivity contribution is 0.424. The van der Waals surface area contributed by atoms with Crippen LogP contribution in [0, 0.1) is 11.3 Å². The van der Waals surface area contributed by atoms with Crippen LogP contribution in [0.1, 0.15) is 58.6 Å². The van der Waals surface area contributed by atoms with Crippen molar-refractivity contribution in [1.29, 1.82) is 5.26 Å². The molecule has 116 valence electrons. The molecule has 0 saturated heterocycles. The van der Waals surface area contributed by atoms with Crippen molar-refractivity contribution in [3.05, 3.63) is 29.3 Å². The van der Waals surface area contributed by atoms with Crippen LogP contribution in [-0.4, -0.2) is 18.6 Å². The van der Waals surface area contributed by atoms with Crippen molar-refractivity contribution in [2.75, 3.05) is 11.9 Å². The Morgan fingerprint density at radius 1 is 1.33 bits per heavy atom. The van der Waals surface area contributed by atoms with E-state index >= 15 is 0 Å². The van der Waals surface area contributed by atoms with E-state index < -0.39 is 0 Å². The molecule has 0 saturated carbocycles. The number of nitrogens with zero attached hydrogens (tertiary/aromatic N) is 2. The highest BCUT2D eigenvalue weighted by Gasteiger charge is 2.14. The Kier molecular flexibility index (Phi) is 6.23. The predicted molar refractivity (Wildman–Crippen MR) is 90.5 cm³/mol. The number of hydrogen-bond acceptors (Lipinski definition) is 3. The Balaban J connectivity index is 2.92. The maximum atomic E-state index is 9.43. The van der Waals surface area contributed by atoms with Gasteiger partial charge in [0.1, 0.15) is 6.07 Å². The molecule has 1 aromatic carbocycles. The Hall–Kier alpha value is -1.53. The summed E-state index contributed by atoms with van der Waals surface area (Å²) in [6.45, 7) is 11.6. The van der Waals surface area contributed by atoms with Crippen LogP contribution >= 0.6 is 0 Å². The number of hydrogen-bond donors (Lipinski definition) is 1. The lowest BCUT2D eigenvalue weighted by Gasteiger charge is -2.28. The van der Waals surface area contributed by atoms with Gasteiger partial charge in [-0.05, 0) is 51.8 Å². The maximum absolute atomic E-state index is 9.43. The normalized spacial score (nSPS) is 12.8. The predicted octanol–water partition coefficient (Wildman–Crippen LogP) is 4.07. The largest absolute Gasteiger partial charge is 0.371 e. The fraction of sp³-hybridized carbons (Fsp3) is 0.611. The third-order valence-electron chi connectivity index (χ3n) is 3.75. The average molecular weight is 287 g/mol. The number of anilines is 1. The summed E-state index contributed by atoms with van der Waals surface area (Å²) in [5.74, 6) is 0. The molecule has 21 heavy (non-hydrogen) atoms. The third-order valence-corrected chi connectivity index (χ3v) is 3.75. The highest BCUT2D eigenvalue weighted by molar-refractivity contribution is 5.60. The molecule has 1 unspecified atom stereocenters. The van der Waals surface area contributed by atoms with Crippen LogP contribution in [-0.2, 0) is 6.54 Å². The summed E-state index contributed by atoms with van der Waals surface area (Å²) in [6, 6.07) is 8.98. The summed E-state index contributed by atoms with van der Waals surface area (Å²) in [7, 11) is 2.07. The van der Waals surface area contributed by atoms with Crippen LogP contribution in [0.5, 0.6) is 0 Å². The fourth-order valence-corrected chi connectivity index (χ4v) is 2.31. The first kappa shape index (κ1) is 17.5. The topological polar surface area (TPSA) is 39.1 Å². The summed E-state index contributed by atoms with van der Waals surface area (Å²) < 4.78 is 0. The molecule has 1 N–H and O–H groups in total. The Morgan fingerprint density at radius 3 is 2.52 bits per heavy atom. The van der Waals surface area contributed by atoms with E-state index in [9.17, 15) is 5.26 Å². The number of nitriles is 1. The summed E-state index contributed by atoms with van der Waals surface area (Å²) in [5.41, 5.74) is 3.02. The standard InChI is InChI=1S/C18H29N3/c1-7-8-14(2)21(6)17-10-9-15(11-16(17)12-19)13-20-18(3,4)5/h9-11,14,20H,7-8,13H2,1-6H3. The monoisotopic (exact) mass is 287 g/mol. The van der Waals surface area contributed by atoms with E-state index in [4.69, 9.17) is 0 Å². The van der Waals surface area contributed by atoms with E-state index in [1.807, 2.05) is 6.07 Å². The van der Waals surface area contributed by atoms with Crippen molar-refractivity contribution >= 4 is 5.69 Å². The SMILES string of the molecule is CCCC(C)N(C)c1ccc(CNC(C)(C)C)cc1C#N. The van der Waals surface area contributed by atoms with Crippen molar-refractivity contribution in [3.8, 4) is 6.07 Å². The first-order chi connectivity index (χ1) is 9.78. The minimum Gasteiger partial charge on any atom is -0.371 e. The molecule has 3 nitrogen and oxygen atoms in total.